The quantitative estimate of drug-likeness (QED) is 0.810. The van der Waals surface area contributed by atoms with E-state index in [1.165, 1.54) is 13.5 Å². The van der Waals surface area contributed by atoms with Gasteiger partial charge in [0.2, 0.25) is 0 Å². The predicted molar refractivity (Wildman–Crippen MR) is 68.4 cm³/mol. The summed E-state index contributed by atoms with van der Waals surface area (Å²) in [7, 11) is 1.37. The van der Waals surface area contributed by atoms with E-state index in [-0.39, 0.29) is 5.97 Å². The Morgan fingerprint density at radius 1 is 1.50 bits per heavy atom. The summed E-state index contributed by atoms with van der Waals surface area (Å²) in [5, 5.41) is 0. The summed E-state index contributed by atoms with van der Waals surface area (Å²) in [5.74, 6) is 1.72. The van der Waals surface area contributed by atoms with Crippen molar-refractivity contribution in [3.8, 4) is 5.75 Å². The average Bonchev–Trinajstić information content (AvgIpc) is 3.11. The molecule has 1 aliphatic rings. The van der Waals surface area contributed by atoms with E-state index in [0.29, 0.717) is 30.4 Å². The average molecular weight is 249 g/mol. The molecule has 4 heteroatoms. The highest BCUT2D eigenvalue weighted by molar-refractivity contribution is 5.89. The normalized spacial score (nSPS) is 21.5. The Morgan fingerprint density at radius 3 is 2.78 bits per heavy atom. The van der Waals surface area contributed by atoms with Gasteiger partial charge in [0.05, 0.1) is 19.3 Å². The first-order valence-corrected chi connectivity index (χ1v) is 6.19. The van der Waals surface area contributed by atoms with Gasteiger partial charge in [0, 0.05) is 12.1 Å². The highest BCUT2D eigenvalue weighted by Crippen LogP contribution is 2.38. The summed E-state index contributed by atoms with van der Waals surface area (Å²) in [6, 6.07) is 5.24. The molecule has 0 aliphatic heterocycles. The van der Waals surface area contributed by atoms with Crippen molar-refractivity contribution in [2.75, 3.05) is 13.7 Å². The van der Waals surface area contributed by atoms with Crippen LogP contribution in [0.15, 0.2) is 18.2 Å². The van der Waals surface area contributed by atoms with Crippen LogP contribution in [0, 0.1) is 11.8 Å². The minimum absolute atomic E-state index is 0.358. The van der Waals surface area contributed by atoms with Crippen molar-refractivity contribution in [1.29, 1.82) is 0 Å². The topological polar surface area (TPSA) is 61.5 Å². The molecular formula is C14H19NO3. The fourth-order valence-corrected chi connectivity index (χ4v) is 1.93. The van der Waals surface area contributed by atoms with E-state index in [1.54, 1.807) is 12.1 Å². The van der Waals surface area contributed by atoms with Gasteiger partial charge in [0.15, 0.2) is 0 Å². The van der Waals surface area contributed by atoms with Gasteiger partial charge in [-0.2, -0.15) is 0 Å². The van der Waals surface area contributed by atoms with E-state index in [0.717, 1.165) is 11.5 Å². The van der Waals surface area contributed by atoms with Crippen LogP contribution in [0.5, 0.6) is 5.75 Å². The molecule has 1 aromatic rings. The zero-order valence-corrected chi connectivity index (χ0v) is 10.8. The first-order chi connectivity index (χ1) is 8.65. The van der Waals surface area contributed by atoms with Gasteiger partial charge >= 0.3 is 5.97 Å². The van der Waals surface area contributed by atoms with Crippen LogP contribution in [-0.4, -0.2) is 19.7 Å². The molecule has 1 unspecified atom stereocenters. The number of carbonyl (C=O) groups is 1. The standard InChI is InChI=1S/C14H19NO3/c1-9-5-12(9)8-18-13-6-10(14(16)17-2)3-4-11(13)7-15/h3-4,6,9,12H,5,7-8,15H2,1-2H3/t9-,12?/m1/s1. The summed E-state index contributed by atoms with van der Waals surface area (Å²) in [6.07, 6.45) is 1.22. The fourth-order valence-electron chi connectivity index (χ4n) is 1.93. The SMILES string of the molecule is COC(=O)c1ccc(CN)c(OCC2C[C@H]2C)c1. The second kappa shape index (κ2) is 5.40. The Balaban J connectivity index is 2.11. The third-order valence-corrected chi connectivity index (χ3v) is 3.44. The Labute approximate surface area is 107 Å². The van der Waals surface area contributed by atoms with E-state index in [9.17, 15) is 4.79 Å². The molecule has 2 rings (SSSR count). The number of benzene rings is 1. The maximum absolute atomic E-state index is 11.5. The van der Waals surface area contributed by atoms with Crippen molar-refractivity contribution in [2.45, 2.75) is 19.9 Å². The minimum atomic E-state index is -0.358. The number of hydrogen-bond donors (Lipinski definition) is 1. The molecule has 18 heavy (non-hydrogen) atoms. The lowest BCUT2D eigenvalue weighted by atomic mass is 10.1. The van der Waals surface area contributed by atoms with Crippen LogP contribution < -0.4 is 10.5 Å². The smallest absolute Gasteiger partial charge is 0.337 e. The second-order valence-electron chi connectivity index (χ2n) is 4.80. The number of nitrogens with two attached hydrogens (primary N) is 1. The molecule has 0 amide bonds. The van der Waals surface area contributed by atoms with E-state index in [4.69, 9.17) is 15.2 Å². The van der Waals surface area contributed by atoms with E-state index >= 15 is 0 Å². The third-order valence-electron chi connectivity index (χ3n) is 3.44. The Kier molecular flexibility index (Phi) is 3.87. The molecule has 0 radical (unpaired) electrons. The summed E-state index contributed by atoms with van der Waals surface area (Å²) in [5.41, 5.74) is 7.07. The summed E-state index contributed by atoms with van der Waals surface area (Å²) in [4.78, 5) is 11.5. The monoisotopic (exact) mass is 249 g/mol. The molecule has 0 heterocycles. The van der Waals surface area contributed by atoms with Gasteiger partial charge in [-0.15, -0.1) is 0 Å². The highest BCUT2D eigenvalue weighted by Gasteiger charge is 2.33. The van der Waals surface area contributed by atoms with Crippen molar-refractivity contribution in [2.24, 2.45) is 17.6 Å². The molecule has 2 atom stereocenters. The minimum Gasteiger partial charge on any atom is -0.493 e. The lowest BCUT2D eigenvalue weighted by Crippen LogP contribution is -2.08. The first-order valence-electron chi connectivity index (χ1n) is 6.19. The largest absolute Gasteiger partial charge is 0.493 e. The second-order valence-corrected chi connectivity index (χ2v) is 4.80. The lowest BCUT2D eigenvalue weighted by molar-refractivity contribution is 0.0600. The molecule has 1 aromatic carbocycles. The molecule has 4 nitrogen and oxygen atoms in total. The van der Waals surface area contributed by atoms with Crippen LogP contribution in [-0.2, 0) is 11.3 Å². The van der Waals surface area contributed by atoms with Gasteiger partial charge in [-0.3, -0.25) is 0 Å². The van der Waals surface area contributed by atoms with Crippen LogP contribution in [0.3, 0.4) is 0 Å². The van der Waals surface area contributed by atoms with E-state index in [2.05, 4.69) is 6.92 Å². The Bertz CT molecular complexity index is 445. The van der Waals surface area contributed by atoms with Crippen LogP contribution >= 0.6 is 0 Å². The number of hydrogen-bond acceptors (Lipinski definition) is 4. The zero-order chi connectivity index (χ0) is 13.1. The first kappa shape index (κ1) is 12.9. The highest BCUT2D eigenvalue weighted by atomic mass is 16.5. The Hall–Kier alpha value is -1.55. The van der Waals surface area contributed by atoms with Gasteiger partial charge in [0.1, 0.15) is 5.75 Å². The number of methoxy groups -OCH3 is 1. The van der Waals surface area contributed by atoms with Crippen molar-refractivity contribution in [3.63, 3.8) is 0 Å². The van der Waals surface area contributed by atoms with Gasteiger partial charge in [-0.05, 0) is 30.4 Å². The molecule has 98 valence electrons. The van der Waals surface area contributed by atoms with Crippen molar-refractivity contribution in [3.05, 3.63) is 29.3 Å². The van der Waals surface area contributed by atoms with Gasteiger partial charge in [-0.1, -0.05) is 13.0 Å². The molecule has 1 fully saturated rings. The van der Waals surface area contributed by atoms with Gasteiger partial charge in [-0.25, -0.2) is 4.79 Å². The van der Waals surface area contributed by atoms with E-state index < -0.39 is 0 Å². The molecule has 0 saturated heterocycles. The van der Waals surface area contributed by atoms with Gasteiger partial charge < -0.3 is 15.2 Å². The van der Waals surface area contributed by atoms with E-state index in [1.807, 2.05) is 6.07 Å². The van der Waals surface area contributed by atoms with Crippen molar-refractivity contribution in [1.82, 2.24) is 0 Å². The lowest BCUT2D eigenvalue weighted by Gasteiger charge is -2.11. The number of carbonyl (C=O) groups excluding carboxylic acids is 1. The molecule has 2 N–H and O–H groups in total. The van der Waals surface area contributed by atoms with Gasteiger partial charge in [0.25, 0.3) is 0 Å². The Morgan fingerprint density at radius 2 is 2.22 bits per heavy atom. The zero-order valence-electron chi connectivity index (χ0n) is 10.8. The molecule has 0 bridgehead atoms. The third kappa shape index (κ3) is 2.82. The summed E-state index contributed by atoms with van der Waals surface area (Å²) in [6.45, 7) is 3.30. The number of esters is 1. The fraction of sp³-hybridized carbons (Fsp3) is 0.500. The summed E-state index contributed by atoms with van der Waals surface area (Å²) >= 11 is 0. The predicted octanol–water partition coefficient (Wildman–Crippen LogP) is 1.97. The van der Waals surface area contributed by atoms with Crippen molar-refractivity contribution < 1.29 is 14.3 Å². The van der Waals surface area contributed by atoms with Crippen LogP contribution in [0.1, 0.15) is 29.3 Å². The van der Waals surface area contributed by atoms with Crippen molar-refractivity contribution >= 4 is 5.97 Å². The molecule has 0 spiro atoms. The summed E-state index contributed by atoms with van der Waals surface area (Å²) < 4.78 is 10.5. The maximum Gasteiger partial charge on any atom is 0.337 e. The maximum atomic E-state index is 11.5. The molecular weight excluding hydrogens is 230 g/mol. The van der Waals surface area contributed by atoms with Crippen LogP contribution in [0.2, 0.25) is 0 Å². The van der Waals surface area contributed by atoms with Crippen LogP contribution in [0.4, 0.5) is 0 Å². The number of ether oxygens (including phenoxy) is 2. The van der Waals surface area contributed by atoms with Crippen LogP contribution in [0.25, 0.3) is 0 Å². The number of rotatable bonds is 5. The molecule has 1 aliphatic carbocycles. The molecule has 1 saturated carbocycles. The molecule has 0 aromatic heterocycles.